The number of rotatable bonds is 4. The first-order valence-electron chi connectivity index (χ1n) is 4.63. The van der Waals surface area contributed by atoms with Crippen LogP contribution in [-0.2, 0) is 6.54 Å². The minimum Gasteiger partial charge on any atom is -0.364 e. The summed E-state index contributed by atoms with van der Waals surface area (Å²) in [6.45, 7) is -0.734. The number of halogens is 4. The van der Waals surface area contributed by atoms with Crippen LogP contribution in [0, 0.1) is 11.6 Å². The van der Waals surface area contributed by atoms with Crippen molar-refractivity contribution >= 4 is 5.69 Å². The van der Waals surface area contributed by atoms with Gasteiger partial charge in [-0.05, 0) is 17.7 Å². The van der Waals surface area contributed by atoms with Gasteiger partial charge in [-0.15, -0.1) is 0 Å². The molecule has 2 N–H and O–H groups in total. The number of alkyl halides is 2. The number of hydrogen-bond acceptors (Lipinski definition) is 2. The van der Waals surface area contributed by atoms with Gasteiger partial charge in [-0.3, -0.25) is 0 Å². The quantitative estimate of drug-likeness (QED) is 0.811. The molecule has 1 aromatic rings. The van der Waals surface area contributed by atoms with E-state index in [1.807, 2.05) is 0 Å². The minimum atomic E-state index is -2.65. The van der Waals surface area contributed by atoms with Crippen LogP contribution in [0.25, 0.3) is 0 Å². The summed E-state index contributed by atoms with van der Waals surface area (Å²) in [5.41, 5.74) is 5.05. The van der Waals surface area contributed by atoms with Gasteiger partial charge in [0.05, 0.1) is 6.54 Å². The molecule has 6 heteroatoms. The zero-order valence-corrected chi connectivity index (χ0v) is 8.68. The average Bonchev–Trinajstić information content (AvgIpc) is 2.15. The highest BCUT2D eigenvalue weighted by molar-refractivity contribution is 5.50. The van der Waals surface area contributed by atoms with Gasteiger partial charge in [0.1, 0.15) is 17.3 Å². The first kappa shape index (κ1) is 12.8. The maximum Gasteiger partial charge on any atom is 0.255 e. The Morgan fingerprint density at radius 1 is 1.25 bits per heavy atom. The summed E-state index contributed by atoms with van der Waals surface area (Å²) >= 11 is 0. The van der Waals surface area contributed by atoms with Crippen molar-refractivity contribution in [3.8, 4) is 0 Å². The molecule has 0 heterocycles. The van der Waals surface area contributed by atoms with Crippen LogP contribution in [-0.4, -0.2) is 20.0 Å². The lowest BCUT2D eigenvalue weighted by atomic mass is 10.1. The molecule has 0 fully saturated rings. The minimum absolute atomic E-state index is 0.00726. The predicted octanol–water partition coefficient (Wildman–Crippen LogP) is 2.12. The Bertz CT molecular complexity index is 345. The molecular weight excluding hydrogens is 224 g/mol. The van der Waals surface area contributed by atoms with Gasteiger partial charge in [-0.2, -0.15) is 0 Å². The van der Waals surface area contributed by atoms with Gasteiger partial charge in [-0.25, -0.2) is 17.6 Å². The van der Waals surface area contributed by atoms with E-state index in [2.05, 4.69) is 0 Å². The third-order valence-electron chi connectivity index (χ3n) is 2.11. The Morgan fingerprint density at radius 3 is 2.12 bits per heavy atom. The van der Waals surface area contributed by atoms with E-state index in [-0.39, 0.29) is 12.1 Å². The van der Waals surface area contributed by atoms with Gasteiger partial charge < -0.3 is 10.6 Å². The van der Waals surface area contributed by atoms with Crippen molar-refractivity contribution in [3.05, 3.63) is 29.3 Å². The van der Waals surface area contributed by atoms with Crippen molar-refractivity contribution in [2.24, 2.45) is 5.73 Å². The number of nitrogens with two attached hydrogens (primary N) is 1. The molecule has 0 saturated heterocycles. The van der Waals surface area contributed by atoms with E-state index in [1.54, 1.807) is 0 Å². The predicted molar refractivity (Wildman–Crippen MR) is 53.5 cm³/mol. The molecule has 1 aromatic carbocycles. The molecule has 16 heavy (non-hydrogen) atoms. The molecule has 0 atom stereocenters. The molecular formula is C10H12F4N2. The highest BCUT2D eigenvalue weighted by atomic mass is 19.3. The van der Waals surface area contributed by atoms with Gasteiger partial charge >= 0.3 is 0 Å². The summed E-state index contributed by atoms with van der Waals surface area (Å²) in [6, 6.07) is 2.08. The summed E-state index contributed by atoms with van der Waals surface area (Å²) in [7, 11) is 1.20. The van der Waals surface area contributed by atoms with E-state index in [1.165, 1.54) is 7.05 Å². The molecule has 0 spiro atoms. The van der Waals surface area contributed by atoms with Crippen LogP contribution < -0.4 is 10.6 Å². The Morgan fingerprint density at radius 2 is 1.75 bits per heavy atom. The van der Waals surface area contributed by atoms with Crippen molar-refractivity contribution < 1.29 is 17.6 Å². The SMILES string of the molecule is CN(CC(F)F)c1c(F)cc(CN)cc1F. The molecule has 90 valence electrons. The lowest BCUT2D eigenvalue weighted by Gasteiger charge is -2.20. The van der Waals surface area contributed by atoms with Crippen LogP contribution in [0.5, 0.6) is 0 Å². The van der Waals surface area contributed by atoms with Crippen molar-refractivity contribution in [1.29, 1.82) is 0 Å². The summed E-state index contributed by atoms with van der Waals surface area (Å²) in [6.07, 6.45) is -2.65. The Hall–Kier alpha value is -1.30. The molecule has 2 nitrogen and oxygen atoms in total. The van der Waals surface area contributed by atoms with E-state index >= 15 is 0 Å². The fraction of sp³-hybridized carbons (Fsp3) is 0.400. The number of nitrogens with zero attached hydrogens (tertiary/aromatic N) is 1. The molecule has 0 aromatic heterocycles. The fourth-order valence-corrected chi connectivity index (χ4v) is 1.40. The van der Waals surface area contributed by atoms with Crippen molar-refractivity contribution in [2.75, 3.05) is 18.5 Å². The molecule has 0 aliphatic carbocycles. The van der Waals surface area contributed by atoms with Crippen LogP contribution in [0.2, 0.25) is 0 Å². The highest BCUT2D eigenvalue weighted by Gasteiger charge is 2.17. The van der Waals surface area contributed by atoms with Gasteiger partial charge in [-0.1, -0.05) is 0 Å². The lowest BCUT2D eigenvalue weighted by Crippen LogP contribution is -2.26. The van der Waals surface area contributed by atoms with E-state index in [4.69, 9.17) is 5.73 Å². The molecule has 0 aliphatic rings. The highest BCUT2D eigenvalue weighted by Crippen LogP contribution is 2.24. The van der Waals surface area contributed by atoms with Crippen LogP contribution in [0.4, 0.5) is 23.2 Å². The molecule has 0 saturated carbocycles. The van der Waals surface area contributed by atoms with Gasteiger partial charge in [0, 0.05) is 13.6 Å². The summed E-state index contributed by atoms with van der Waals surface area (Å²) in [4.78, 5) is 0.843. The summed E-state index contributed by atoms with van der Waals surface area (Å²) in [5, 5.41) is 0. The standard InChI is InChI=1S/C10H12F4N2/c1-16(5-9(13)14)10-7(11)2-6(4-15)3-8(10)12/h2-3,9H,4-5,15H2,1H3. The van der Waals surface area contributed by atoms with Gasteiger partial charge in [0.2, 0.25) is 0 Å². The first-order valence-corrected chi connectivity index (χ1v) is 4.63. The van der Waals surface area contributed by atoms with Crippen molar-refractivity contribution in [2.45, 2.75) is 13.0 Å². The topological polar surface area (TPSA) is 29.3 Å². The number of benzene rings is 1. The van der Waals surface area contributed by atoms with E-state index in [0.29, 0.717) is 0 Å². The van der Waals surface area contributed by atoms with E-state index < -0.39 is 30.3 Å². The normalized spacial score (nSPS) is 10.9. The summed E-state index contributed by atoms with van der Waals surface area (Å²) in [5.74, 6) is -1.77. The molecule has 0 aliphatic heterocycles. The van der Waals surface area contributed by atoms with Crippen molar-refractivity contribution in [1.82, 2.24) is 0 Å². The average molecular weight is 236 g/mol. The molecule has 0 unspecified atom stereocenters. The monoisotopic (exact) mass is 236 g/mol. The smallest absolute Gasteiger partial charge is 0.255 e. The molecule has 1 rings (SSSR count). The zero-order chi connectivity index (χ0) is 12.3. The Labute approximate surface area is 90.7 Å². The maximum absolute atomic E-state index is 13.4. The first-order chi connectivity index (χ1) is 7.45. The Balaban J connectivity index is 3.04. The lowest BCUT2D eigenvalue weighted by molar-refractivity contribution is 0.156. The molecule has 0 bridgehead atoms. The largest absolute Gasteiger partial charge is 0.364 e. The van der Waals surface area contributed by atoms with Gasteiger partial charge in [0.15, 0.2) is 0 Å². The number of hydrogen-bond donors (Lipinski definition) is 1. The third-order valence-corrected chi connectivity index (χ3v) is 2.11. The van der Waals surface area contributed by atoms with E-state index in [0.717, 1.165) is 17.0 Å². The number of anilines is 1. The van der Waals surface area contributed by atoms with Crippen LogP contribution in [0.15, 0.2) is 12.1 Å². The fourth-order valence-electron chi connectivity index (χ4n) is 1.40. The van der Waals surface area contributed by atoms with Crippen LogP contribution in [0.3, 0.4) is 0 Å². The molecule has 0 radical (unpaired) electrons. The van der Waals surface area contributed by atoms with Crippen molar-refractivity contribution in [3.63, 3.8) is 0 Å². The second kappa shape index (κ2) is 5.16. The van der Waals surface area contributed by atoms with Gasteiger partial charge in [0.25, 0.3) is 6.43 Å². The zero-order valence-electron chi connectivity index (χ0n) is 8.68. The second-order valence-corrected chi connectivity index (χ2v) is 3.38. The van der Waals surface area contributed by atoms with Crippen LogP contribution >= 0.6 is 0 Å². The maximum atomic E-state index is 13.4. The summed E-state index contributed by atoms with van der Waals surface area (Å²) < 4.78 is 51.0. The third kappa shape index (κ3) is 2.85. The Kier molecular flexibility index (Phi) is 4.12. The van der Waals surface area contributed by atoms with Crippen LogP contribution in [0.1, 0.15) is 5.56 Å². The molecule has 0 amide bonds. The van der Waals surface area contributed by atoms with E-state index in [9.17, 15) is 17.6 Å². The second-order valence-electron chi connectivity index (χ2n) is 3.38.